The summed E-state index contributed by atoms with van der Waals surface area (Å²) < 4.78 is 15.9. The van der Waals surface area contributed by atoms with Crippen LogP contribution in [0.1, 0.15) is 10.6 Å². The summed E-state index contributed by atoms with van der Waals surface area (Å²) in [7, 11) is 3.11. The molecule has 3 aromatic rings. The number of amides is 1. The van der Waals surface area contributed by atoms with Gasteiger partial charge in [-0.05, 0) is 24.3 Å². The van der Waals surface area contributed by atoms with Crippen molar-refractivity contribution in [3.63, 3.8) is 0 Å². The second kappa shape index (κ2) is 7.19. The zero-order chi connectivity index (χ0) is 17.8. The van der Waals surface area contributed by atoms with E-state index < -0.39 is 5.91 Å². The minimum absolute atomic E-state index is 0.00990. The molecule has 3 rings (SSSR count). The van der Waals surface area contributed by atoms with E-state index in [0.717, 1.165) is 0 Å². The van der Waals surface area contributed by atoms with E-state index in [1.54, 1.807) is 37.4 Å². The molecule has 1 amide bonds. The lowest BCUT2D eigenvalue weighted by Crippen LogP contribution is -2.27. The van der Waals surface area contributed by atoms with Crippen LogP contribution in [0.3, 0.4) is 0 Å². The zero-order valence-electron chi connectivity index (χ0n) is 13.9. The van der Waals surface area contributed by atoms with E-state index in [9.17, 15) is 9.59 Å². The number of carbonyl (C=O) groups excluding carboxylic acids is 1. The molecule has 0 aliphatic heterocycles. The summed E-state index contributed by atoms with van der Waals surface area (Å²) in [4.78, 5) is 26.6. The first-order valence-electron chi connectivity index (χ1n) is 7.63. The number of ether oxygens (including phenoxy) is 2. The van der Waals surface area contributed by atoms with E-state index in [0.29, 0.717) is 11.4 Å². The fourth-order valence-electron chi connectivity index (χ4n) is 2.46. The molecule has 25 heavy (non-hydrogen) atoms. The molecule has 1 aromatic heterocycles. The van der Waals surface area contributed by atoms with Gasteiger partial charge in [0, 0.05) is 25.9 Å². The van der Waals surface area contributed by atoms with Crippen molar-refractivity contribution >= 4 is 22.6 Å². The summed E-state index contributed by atoms with van der Waals surface area (Å²) in [5.41, 5.74) is 0.635. The van der Waals surface area contributed by atoms with Gasteiger partial charge in [-0.15, -0.1) is 0 Å². The molecule has 128 valence electrons. The topological polar surface area (TPSA) is 69.0 Å². The molecule has 1 heterocycles. The quantitative estimate of drug-likeness (QED) is 0.668. The first kappa shape index (κ1) is 16.7. The minimum atomic E-state index is -0.409. The van der Waals surface area contributed by atoms with E-state index in [-0.39, 0.29) is 29.0 Å². The van der Waals surface area contributed by atoms with Crippen LogP contribution >= 0.6 is 0 Å². The largest absolute Gasteiger partial charge is 0.467 e. The van der Waals surface area contributed by atoms with Gasteiger partial charge in [0.2, 0.25) is 0 Å². The number of methoxy groups -OCH3 is 1. The molecule has 6 nitrogen and oxygen atoms in total. The third-order valence-corrected chi connectivity index (χ3v) is 3.71. The van der Waals surface area contributed by atoms with E-state index >= 15 is 0 Å². The Bertz CT molecular complexity index is 949. The van der Waals surface area contributed by atoms with Gasteiger partial charge in [-0.2, -0.15) is 0 Å². The third-order valence-electron chi connectivity index (χ3n) is 3.71. The number of anilines is 1. The Morgan fingerprint density at radius 1 is 1.12 bits per heavy atom. The van der Waals surface area contributed by atoms with Crippen molar-refractivity contribution in [3.05, 3.63) is 70.6 Å². The summed E-state index contributed by atoms with van der Waals surface area (Å²) in [6.45, 7) is 0.00990. The maximum Gasteiger partial charge on any atom is 0.293 e. The average Bonchev–Trinajstić information content (AvgIpc) is 2.65. The number of para-hydroxylation sites is 1. The van der Waals surface area contributed by atoms with Crippen LogP contribution < -0.4 is 15.1 Å². The molecular weight excluding hydrogens is 322 g/mol. The number of carbonyl (C=O) groups is 1. The molecule has 0 saturated carbocycles. The van der Waals surface area contributed by atoms with Crippen molar-refractivity contribution < 1.29 is 18.7 Å². The summed E-state index contributed by atoms with van der Waals surface area (Å²) >= 11 is 0. The molecule has 6 heteroatoms. The smallest absolute Gasteiger partial charge is 0.293 e. The van der Waals surface area contributed by atoms with Crippen molar-refractivity contribution in [2.24, 2.45) is 0 Å². The van der Waals surface area contributed by atoms with Gasteiger partial charge in [-0.25, -0.2) is 0 Å². The van der Waals surface area contributed by atoms with Gasteiger partial charge >= 0.3 is 0 Å². The van der Waals surface area contributed by atoms with E-state index in [1.807, 2.05) is 18.2 Å². The highest BCUT2D eigenvalue weighted by atomic mass is 16.7. The molecular formula is C19H17NO5. The van der Waals surface area contributed by atoms with E-state index in [1.165, 1.54) is 18.1 Å². The molecule has 0 saturated heterocycles. The van der Waals surface area contributed by atoms with Crippen molar-refractivity contribution in [1.82, 2.24) is 0 Å². The molecule has 0 N–H and O–H groups in total. The lowest BCUT2D eigenvalue weighted by Gasteiger charge is -2.16. The average molecular weight is 339 g/mol. The van der Waals surface area contributed by atoms with Crippen LogP contribution in [0.15, 0.2) is 63.8 Å². The van der Waals surface area contributed by atoms with Gasteiger partial charge in [-0.3, -0.25) is 9.59 Å². The Morgan fingerprint density at radius 3 is 2.60 bits per heavy atom. The van der Waals surface area contributed by atoms with E-state index in [4.69, 9.17) is 13.9 Å². The summed E-state index contributed by atoms with van der Waals surface area (Å²) in [5.74, 6) is -0.0929. The highest BCUT2D eigenvalue weighted by Crippen LogP contribution is 2.24. The third kappa shape index (κ3) is 3.39. The van der Waals surface area contributed by atoms with Crippen LogP contribution in [0.5, 0.6) is 5.75 Å². The van der Waals surface area contributed by atoms with Crippen LogP contribution in [-0.4, -0.2) is 26.9 Å². The molecule has 2 aromatic carbocycles. The van der Waals surface area contributed by atoms with Crippen molar-refractivity contribution in [2.45, 2.75) is 0 Å². The monoisotopic (exact) mass is 339 g/mol. The molecule has 0 radical (unpaired) electrons. The highest BCUT2D eigenvalue weighted by molar-refractivity contribution is 6.04. The van der Waals surface area contributed by atoms with Gasteiger partial charge < -0.3 is 18.8 Å². The normalized spacial score (nSPS) is 10.6. The number of hydrogen-bond donors (Lipinski definition) is 0. The number of nitrogens with zero attached hydrogens (tertiary/aromatic N) is 1. The van der Waals surface area contributed by atoms with Gasteiger partial charge in [0.25, 0.3) is 5.91 Å². The van der Waals surface area contributed by atoms with Gasteiger partial charge in [0.15, 0.2) is 18.0 Å². The highest BCUT2D eigenvalue weighted by Gasteiger charge is 2.19. The SMILES string of the molecule is COCOc1cccc2oc(C(=O)N(C)c3ccccc3)cc(=O)c12. The van der Waals surface area contributed by atoms with Crippen molar-refractivity contribution in [1.29, 1.82) is 0 Å². The number of hydrogen-bond acceptors (Lipinski definition) is 5. The maximum absolute atomic E-state index is 12.6. The second-order valence-corrected chi connectivity index (χ2v) is 5.35. The Balaban J connectivity index is 2.01. The van der Waals surface area contributed by atoms with E-state index in [2.05, 4.69) is 0 Å². The number of fused-ring (bicyclic) bond motifs is 1. The first-order valence-corrected chi connectivity index (χ1v) is 7.63. The number of rotatable bonds is 5. The maximum atomic E-state index is 12.6. The van der Waals surface area contributed by atoms with Crippen LogP contribution in [-0.2, 0) is 4.74 Å². The van der Waals surface area contributed by atoms with Gasteiger partial charge in [0.05, 0.1) is 0 Å². The molecule has 0 unspecified atom stereocenters. The number of benzene rings is 2. The summed E-state index contributed by atoms with van der Waals surface area (Å²) in [6, 6.07) is 15.3. The van der Waals surface area contributed by atoms with Crippen molar-refractivity contribution in [3.8, 4) is 5.75 Å². The van der Waals surface area contributed by atoms with Crippen molar-refractivity contribution in [2.75, 3.05) is 25.9 Å². The predicted molar refractivity (Wildman–Crippen MR) is 94.2 cm³/mol. The molecule has 0 bridgehead atoms. The lowest BCUT2D eigenvalue weighted by atomic mass is 10.2. The molecule has 0 spiro atoms. The Morgan fingerprint density at radius 2 is 1.88 bits per heavy atom. The van der Waals surface area contributed by atoms with Crippen LogP contribution in [0.4, 0.5) is 5.69 Å². The Labute approximate surface area is 144 Å². The Kier molecular flexibility index (Phi) is 4.81. The molecule has 0 atom stereocenters. The summed E-state index contributed by atoms with van der Waals surface area (Å²) in [6.07, 6.45) is 0. The molecule has 0 aliphatic rings. The first-order chi connectivity index (χ1) is 12.1. The zero-order valence-corrected chi connectivity index (χ0v) is 13.9. The molecule has 0 aliphatic carbocycles. The standard InChI is InChI=1S/C19H17NO5/c1-20(13-7-4-3-5-8-13)19(22)17-11-14(21)18-15(24-12-23-2)9-6-10-16(18)25-17/h3-11H,12H2,1-2H3. The second-order valence-electron chi connectivity index (χ2n) is 5.35. The Hall–Kier alpha value is -3.12. The van der Waals surface area contributed by atoms with Gasteiger partial charge in [-0.1, -0.05) is 24.3 Å². The predicted octanol–water partition coefficient (Wildman–Crippen LogP) is 3.05. The van der Waals surface area contributed by atoms with Crippen LogP contribution in [0.25, 0.3) is 11.0 Å². The molecule has 0 fully saturated rings. The lowest BCUT2D eigenvalue weighted by molar-refractivity contribution is 0.0521. The fourth-order valence-corrected chi connectivity index (χ4v) is 2.46. The van der Waals surface area contributed by atoms with Gasteiger partial charge in [0.1, 0.15) is 16.7 Å². The van der Waals surface area contributed by atoms with Crippen LogP contribution in [0.2, 0.25) is 0 Å². The summed E-state index contributed by atoms with van der Waals surface area (Å²) in [5, 5.41) is 0.276. The fraction of sp³-hybridized carbons (Fsp3) is 0.158. The minimum Gasteiger partial charge on any atom is -0.467 e. The van der Waals surface area contributed by atoms with Crippen LogP contribution in [0, 0.1) is 0 Å².